The second-order valence-electron chi connectivity index (χ2n) is 9.75. The zero-order valence-corrected chi connectivity index (χ0v) is 21.7. The van der Waals surface area contributed by atoms with Gasteiger partial charge in [0.1, 0.15) is 17.3 Å². The molecule has 0 aliphatic carbocycles. The number of pyridine rings is 1. The van der Waals surface area contributed by atoms with Crippen molar-refractivity contribution in [1.82, 2.24) is 35.1 Å². The lowest BCUT2D eigenvalue weighted by Gasteiger charge is -2.36. The predicted octanol–water partition coefficient (Wildman–Crippen LogP) is 4.61. The Morgan fingerprint density at radius 2 is 1.62 bits per heavy atom. The van der Waals surface area contributed by atoms with E-state index in [1.807, 2.05) is 31.2 Å². The monoisotopic (exact) mass is 495 g/mol. The molecule has 1 fully saturated rings. The smallest absolute Gasteiger partial charge is 0.229 e. The second-order valence-corrected chi connectivity index (χ2v) is 9.75. The molecule has 5 rings (SSSR count). The van der Waals surface area contributed by atoms with Crippen LogP contribution in [0.2, 0.25) is 0 Å². The fraction of sp³-hybridized carbons (Fsp3) is 0.321. The van der Waals surface area contributed by atoms with Gasteiger partial charge in [0, 0.05) is 55.5 Å². The highest BCUT2D eigenvalue weighted by molar-refractivity contribution is 5.60. The molecule has 0 amide bonds. The summed E-state index contributed by atoms with van der Waals surface area (Å²) in [4.78, 5) is 25.1. The predicted molar refractivity (Wildman–Crippen MR) is 147 cm³/mol. The van der Waals surface area contributed by atoms with Gasteiger partial charge in [-0.25, -0.2) is 19.9 Å². The first-order chi connectivity index (χ1) is 17.9. The number of aryl methyl sites for hydroxylation is 2. The van der Waals surface area contributed by atoms with Crippen LogP contribution >= 0.6 is 0 Å². The van der Waals surface area contributed by atoms with Crippen molar-refractivity contribution < 1.29 is 0 Å². The molecule has 4 heterocycles. The van der Waals surface area contributed by atoms with Crippen LogP contribution in [-0.4, -0.2) is 55.0 Å². The molecule has 3 N–H and O–H groups in total. The first-order valence-electron chi connectivity index (χ1n) is 12.6. The van der Waals surface area contributed by atoms with E-state index in [0.29, 0.717) is 35.5 Å². The van der Waals surface area contributed by atoms with Gasteiger partial charge in [-0.2, -0.15) is 4.98 Å². The molecular formula is C28H33N9. The van der Waals surface area contributed by atoms with Crippen LogP contribution in [0, 0.1) is 13.8 Å². The van der Waals surface area contributed by atoms with Gasteiger partial charge in [0.25, 0.3) is 0 Å². The van der Waals surface area contributed by atoms with E-state index < -0.39 is 0 Å². The summed E-state index contributed by atoms with van der Waals surface area (Å²) in [5.74, 6) is 2.34. The van der Waals surface area contributed by atoms with Crippen molar-refractivity contribution in [2.24, 2.45) is 0 Å². The van der Waals surface area contributed by atoms with Gasteiger partial charge in [0.2, 0.25) is 5.95 Å². The summed E-state index contributed by atoms with van der Waals surface area (Å²) < 4.78 is 0. The van der Waals surface area contributed by atoms with Gasteiger partial charge in [-0.3, -0.25) is 4.90 Å². The molecule has 0 bridgehead atoms. The molecule has 3 aromatic heterocycles. The molecule has 1 saturated heterocycles. The topological polar surface area (TPSA) is 104 Å². The fourth-order valence-electron chi connectivity index (χ4n) is 4.70. The molecule has 1 aromatic carbocycles. The Kier molecular flexibility index (Phi) is 7.34. The number of rotatable bonds is 7. The quantitative estimate of drug-likeness (QED) is 0.339. The lowest BCUT2D eigenvalue weighted by Crippen LogP contribution is -2.53. The Bertz CT molecular complexity index is 1360. The Balaban J connectivity index is 1.29. The lowest BCUT2D eigenvalue weighted by molar-refractivity contribution is 0.166. The molecular weight excluding hydrogens is 462 g/mol. The third-order valence-electron chi connectivity index (χ3n) is 6.32. The standard InChI is InChI=1S/C28H33N9/c1-18-8-9-23(14-22(18)17-37-15-20(3)31-21(4)16-37)33-28-30-13-11-26(36-28)34-25-10-12-29-27(35-25)24-7-5-6-19(2)32-24/h5-14,20-21,31H,15-17H2,1-4H3,(H2,29,30,33,34,35,36). The molecule has 2 atom stereocenters. The summed E-state index contributed by atoms with van der Waals surface area (Å²) in [6.07, 6.45) is 3.43. The summed E-state index contributed by atoms with van der Waals surface area (Å²) in [6.45, 7) is 11.6. The number of hydrogen-bond donors (Lipinski definition) is 3. The van der Waals surface area contributed by atoms with Gasteiger partial charge < -0.3 is 16.0 Å². The maximum Gasteiger partial charge on any atom is 0.229 e. The number of aromatic nitrogens is 5. The Morgan fingerprint density at radius 1 is 0.865 bits per heavy atom. The Labute approximate surface area is 217 Å². The van der Waals surface area contributed by atoms with Crippen LogP contribution in [0.4, 0.5) is 23.3 Å². The number of benzene rings is 1. The van der Waals surface area contributed by atoms with Gasteiger partial charge in [-0.05, 0) is 75.2 Å². The van der Waals surface area contributed by atoms with E-state index >= 15 is 0 Å². The molecule has 0 spiro atoms. The highest BCUT2D eigenvalue weighted by atomic mass is 15.2. The van der Waals surface area contributed by atoms with E-state index in [9.17, 15) is 0 Å². The van der Waals surface area contributed by atoms with Gasteiger partial charge in [0.05, 0.1) is 0 Å². The first kappa shape index (κ1) is 24.7. The third-order valence-corrected chi connectivity index (χ3v) is 6.32. The third kappa shape index (κ3) is 6.44. The van der Waals surface area contributed by atoms with Crippen LogP contribution in [0.25, 0.3) is 11.5 Å². The normalized spacial score (nSPS) is 17.9. The van der Waals surface area contributed by atoms with Gasteiger partial charge in [-0.1, -0.05) is 12.1 Å². The van der Waals surface area contributed by atoms with Gasteiger partial charge in [-0.15, -0.1) is 0 Å². The van der Waals surface area contributed by atoms with Crippen LogP contribution in [0.3, 0.4) is 0 Å². The van der Waals surface area contributed by atoms with Crippen molar-refractivity contribution in [2.75, 3.05) is 23.7 Å². The van der Waals surface area contributed by atoms with Gasteiger partial charge >= 0.3 is 0 Å². The van der Waals surface area contributed by atoms with E-state index in [2.05, 4.69) is 84.7 Å². The SMILES string of the molecule is Cc1cccc(-c2nccc(Nc3ccnc(Nc4ccc(C)c(CN5CC(C)NC(C)C5)c4)n3)n2)n1. The zero-order valence-electron chi connectivity index (χ0n) is 21.7. The van der Waals surface area contributed by atoms with Crippen molar-refractivity contribution in [1.29, 1.82) is 0 Å². The molecule has 9 nitrogen and oxygen atoms in total. The minimum atomic E-state index is 0.494. The maximum atomic E-state index is 4.64. The van der Waals surface area contributed by atoms with E-state index in [4.69, 9.17) is 0 Å². The largest absolute Gasteiger partial charge is 0.325 e. The molecule has 0 radical (unpaired) electrons. The van der Waals surface area contributed by atoms with Crippen molar-refractivity contribution in [2.45, 2.75) is 46.3 Å². The van der Waals surface area contributed by atoms with E-state index in [-0.39, 0.29) is 0 Å². The summed E-state index contributed by atoms with van der Waals surface area (Å²) in [6, 6.07) is 16.8. The highest BCUT2D eigenvalue weighted by Crippen LogP contribution is 2.22. The van der Waals surface area contributed by atoms with Crippen LogP contribution in [-0.2, 0) is 6.54 Å². The summed E-state index contributed by atoms with van der Waals surface area (Å²) >= 11 is 0. The Hall–Kier alpha value is -3.95. The lowest BCUT2D eigenvalue weighted by atomic mass is 10.1. The van der Waals surface area contributed by atoms with Crippen molar-refractivity contribution in [3.63, 3.8) is 0 Å². The molecule has 190 valence electrons. The van der Waals surface area contributed by atoms with Crippen molar-refractivity contribution in [3.8, 4) is 11.5 Å². The molecule has 9 heteroatoms. The fourth-order valence-corrected chi connectivity index (χ4v) is 4.70. The minimum Gasteiger partial charge on any atom is -0.325 e. The summed E-state index contributed by atoms with van der Waals surface area (Å²) in [7, 11) is 0. The maximum absolute atomic E-state index is 4.64. The number of anilines is 4. The van der Waals surface area contributed by atoms with Gasteiger partial charge in [0.15, 0.2) is 5.82 Å². The number of nitrogens with one attached hydrogen (secondary N) is 3. The van der Waals surface area contributed by atoms with E-state index in [1.54, 1.807) is 18.5 Å². The average Bonchev–Trinajstić information content (AvgIpc) is 2.86. The zero-order chi connectivity index (χ0) is 25.8. The van der Waals surface area contributed by atoms with Crippen LogP contribution in [0.5, 0.6) is 0 Å². The van der Waals surface area contributed by atoms with Crippen molar-refractivity contribution in [3.05, 3.63) is 77.7 Å². The number of hydrogen-bond acceptors (Lipinski definition) is 9. The minimum absolute atomic E-state index is 0.494. The van der Waals surface area contributed by atoms with E-state index in [1.165, 1.54) is 11.1 Å². The van der Waals surface area contributed by atoms with Crippen molar-refractivity contribution >= 4 is 23.3 Å². The average molecular weight is 496 g/mol. The number of nitrogens with zero attached hydrogens (tertiary/aromatic N) is 6. The molecule has 2 unspecified atom stereocenters. The van der Waals surface area contributed by atoms with E-state index in [0.717, 1.165) is 36.7 Å². The second kappa shape index (κ2) is 11.0. The van der Waals surface area contributed by atoms with Crippen LogP contribution in [0.15, 0.2) is 60.9 Å². The van der Waals surface area contributed by atoms with Crippen LogP contribution in [0.1, 0.15) is 30.7 Å². The first-order valence-corrected chi connectivity index (χ1v) is 12.6. The molecule has 1 aliphatic rings. The molecule has 37 heavy (non-hydrogen) atoms. The molecule has 4 aromatic rings. The summed E-state index contributed by atoms with van der Waals surface area (Å²) in [5.41, 5.74) is 5.20. The molecule has 0 saturated carbocycles. The summed E-state index contributed by atoms with van der Waals surface area (Å²) in [5, 5.41) is 10.2. The van der Waals surface area contributed by atoms with Crippen LogP contribution < -0.4 is 16.0 Å². The highest BCUT2D eigenvalue weighted by Gasteiger charge is 2.21. The molecule has 1 aliphatic heterocycles. The number of piperazine rings is 1. The Morgan fingerprint density at radius 3 is 2.41 bits per heavy atom.